The van der Waals surface area contributed by atoms with E-state index in [2.05, 4.69) is 37.3 Å². The molecule has 3 heterocycles. The van der Waals surface area contributed by atoms with E-state index < -0.39 is 28.7 Å². The first-order valence-electron chi connectivity index (χ1n) is 17.7. The smallest absolute Gasteiger partial charge is 0.306 e. The van der Waals surface area contributed by atoms with Crippen molar-refractivity contribution in [2.45, 2.75) is 78.2 Å². The molecule has 1 unspecified atom stereocenters. The van der Waals surface area contributed by atoms with E-state index in [1.165, 1.54) is 44.4 Å². The minimum absolute atomic E-state index is 0.0353. The third kappa shape index (κ3) is 9.13. The summed E-state index contributed by atoms with van der Waals surface area (Å²) in [5.74, 6) is -2.38. The fourth-order valence-corrected chi connectivity index (χ4v) is 6.45. The third-order valence-corrected chi connectivity index (χ3v) is 9.21. The van der Waals surface area contributed by atoms with Crippen LogP contribution >= 0.6 is 0 Å². The van der Waals surface area contributed by atoms with Crippen LogP contribution in [-0.4, -0.2) is 68.2 Å². The molecule has 0 saturated carbocycles. The number of benzene rings is 3. The van der Waals surface area contributed by atoms with Crippen LogP contribution in [0.1, 0.15) is 74.5 Å². The fourth-order valence-electron chi connectivity index (χ4n) is 6.45. The molecule has 1 fully saturated rings. The molecule has 0 bridgehead atoms. The number of hydrogen-bond acceptors (Lipinski definition) is 8. The van der Waals surface area contributed by atoms with Crippen LogP contribution in [0.25, 0.3) is 33.5 Å². The van der Waals surface area contributed by atoms with E-state index in [0.717, 1.165) is 42.5 Å². The summed E-state index contributed by atoms with van der Waals surface area (Å²) in [5, 5.41) is 13.5. The number of halogens is 2. The molecule has 1 saturated heterocycles. The van der Waals surface area contributed by atoms with E-state index in [-0.39, 0.29) is 23.3 Å². The Bertz CT molecular complexity index is 2140. The van der Waals surface area contributed by atoms with Crippen LogP contribution in [0.4, 0.5) is 14.5 Å². The first-order valence-corrected chi connectivity index (χ1v) is 17.7. The highest BCUT2D eigenvalue weighted by Gasteiger charge is 2.24. The van der Waals surface area contributed by atoms with Crippen molar-refractivity contribution < 1.29 is 33.0 Å². The number of aromatic nitrogens is 3. The number of fused-ring (bicyclic) bond motifs is 1. The van der Waals surface area contributed by atoms with E-state index in [4.69, 9.17) is 9.47 Å². The number of hydrogen-bond donors (Lipinski definition) is 3. The monoisotopic (exact) mass is 725 g/mol. The third-order valence-electron chi connectivity index (χ3n) is 9.21. The molecular weight excluding hydrogens is 680 g/mol. The maximum Gasteiger partial charge on any atom is 0.306 e. The molecular formula is C41H45F2N5O5. The predicted molar refractivity (Wildman–Crippen MR) is 199 cm³/mol. The SMILES string of the molecule is Cc1c(NC(=O)c2ccc(C(C)(C)O)cc2F)cc(F)cc1-c1ncnc2[nH]c(-c3ccc(CN4CCOC(CCC(=O)OC(C)(C)C)C4)cc3)cc12. The summed E-state index contributed by atoms with van der Waals surface area (Å²) >= 11 is 0. The fraction of sp³-hybridized carbons (Fsp3) is 0.366. The number of esters is 1. The van der Waals surface area contributed by atoms with Gasteiger partial charge in [-0.25, -0.2) is 18.7 Å². The maximum absolute atomic E-state index is 15.1. The zero-order valence-corrected chi connectivity index (χ0v) is 30.8. The Balaban J connectivity index is 1.16. The lowest BCUT2D eigenvalue weighted by Gasteiger charge is -2.33. The normalized spacial score (nSPS) is 15.5. The van der Waals surface area contributed by atoms with Crippen LogP contribution in [-0.2, 0) is 26.4 Å². The van der Waals surface area contributed by atoms with Gasteiger partial charge in [0.1, 0.15) is 29.2 Å². The molecule has 6 rings (SSSR count). The molecule has 0 spiro atoms. The van der Waals surface area contributed by atoms with Crippen LogP contribution in [0.2, 0.25) is 0 Å². The van der Waals surface area contributed by atoms with Gasteiger partial charge >= 0.3 is 5.97 Å². The number of H-pyrrole nitrogens is 1. The number of rotatable bonds is 10. The average molecular weight is 726 g/mol. The topological polar surface area (TPSA) is 130 Å². The number of carbonyl (C=O) groups excluding carboxylic acids is 2. The number of aliphatic hydroxyl groups is 1. The van der Waals surface area contributed by atoms with E-state index in [9.17, 15) is 19.1 Å². The first-order chi connectivity index (χ1) is 25.0. The van der Waals surface area contributed by atoms with Crippen molar-refractivity contribution in [1.29, 1.82) is 0 Å². The van der Waals surface area contributed by atoms with Crippen LogP contribution in [0.15, 0.2) is 67.0 Å². The average Bonchev–Trinajstić information content (AvgIpc) is 3.53. The number of ether oxygens (including phenoxy) is 2. The summed E-state index contributed by atoms with van der Waals surface area (Å²) in [5.41, 5.74) is 3.34. The molecule has 53 heavy (non-hydrogen) atoms. The van der Waals surface area contributed by atoms with Crippen LogP contribution < -0.4 is 5.32 Å². The lowest BCUT2D eigenvalue weighted by molar-refractivity contribution is -0.156. The van der Waals surface area contributed by atoms with Crippen molar-refractivity contribution in [1.82, 2.24) is 19.9 Å². The zero-order chi connectivity index (χ0) is 38.1. The number of morpholine rings is 1. The lowest BCUT2D eigenvalue weighted by Crippen LogP contribution is -2.42. The molecule has 0 radical (unpaired) electrons. The minimum Gasteiger partial charge on any atom is -0.460 e. The molecule has 2 aromatic heterocycles. The number of nitrogens with zero attached hydrogens (tertiary/aromatic N) is 3. The number of amides is 1. The second-order valence-corrected chi connectivity index (χ2v) is 15.1. The second-order valence-electron chi connectivity index (χ2n) is 15.1. The summed E-state index contributed by atoms with van der Waals surface area (Å²) in [6, 6.07) is 16.5. The van der Waals surface area contributed by atoms with Crippen molar-refractivity contribution in [3.05, 3.63) is 101 Å². The molecule has 1 aliphatic rings. The number of carbonyl (C=O) groups is 2. The van der Waals surface area contributed by atoms with Crippen LogP contribution in [0, 0.1) is 18.6 Å². The number of anilines is 1. The quantitative estimate of drug-likeness (QED) is 0.125. The van der Waals surface area contributed by atoms with Gasteiger partial charge in [0, 0.05) is 48.4 Å². The summed E-state index contributed by atoms with van der Waals surface area (Å²) in [4.78, 5) is 39.9. The van der Waals surface area contributed by atoms with Gasteiger partial charge in [-0.3, -0.25) is 14.5 Å². The number of nitrogens with one attached hydrogen (secondary N) is 2. The molecule has 1 atom stereocenters. The molecule has 1 aliphatic heterocycles. The van der Waals surface area contributed by atoms with Gasteiger partial charge in [-0.2, -0.15) is 0 Å². The summed E-state index contributed by atoms with van der Waals surface area (Å²) < 4.78 is 41.4. The van der Waals surface area contributed by atoms with Crippen LogP contribution in [0.3, 0.4) is 0 Å². The van der Waals surface area contributed by atoms with E-state index in [0.29, 0.717) is 52.9 Å². The lowest BCUT2D eigenvalue weighted by atomic mass is 9.96. The van der Waals surface area contributed by atoms with E-state index in [1.807, 2.05) is 39.0 Å². The first kappa shape index (κ1) is 37.7. The molecule has 3 N–H and O–H groups in total. The maximum atomic E-state index is 15.1. The Morgan fingerprint density at radius 1 is 1.04 bits per heavy atom. The molecule has 3 aromatic carbocycles. The molecule has 5 aromatic rings. The highest BCUT2D eigenvalue weighted by atomic mass is 19.1. The Morgan fingerprint density at radius 3 is 2.49 bits per heavy atom. The summed E-state index contributed by atoms with van der Waals surface area (Å²) in [6.07, 6.45) is 2.29. The Kier molecular flexibility index (Phi) is 10.8. The summed E-state index contributed by atoms with van der Waals surface area (Å²) in [7, 11) is 0. The highest BCUT2D eigenvalue weighted by molar-refractivity contribution is 6.06. The van der Waals surface area contributed by atoms with Crippen molar-refractivity contribution >= 4 is 28.6 Å². The largest absolute Gasteiger partial charge is 0.460 e. The van der Waals surface area contributed by atoms with Gasteiger partial charge in [0.15, 0.2) is 0 Å². The van der Waals surface area contributed by atoms with E-state index in [1.54, 1.807) is 6.92 Å². The second kappa shape index (κ2) is 15.1. The van der Waals surface area contributed by atoms with Crippen LogP contribution in [0.5, 0.6) is 0 Å². The van der Waals surface area contributed by atoms with Gasteiger partial charge in [0.2, 0.25) is 0 Å². The van der Waals surface area contributed by atoms with Gasteiger partial charge in [-0.05, 0) is 101 Å². The Morgan fingerprint density at radius 2 is 1.79 bits per heavy atom. The standard InChI is InChI=1S/C41H45F2N5O5/c1-24-31(18-28(42)19-34(24)47-39(50)30-13-11-27(17-33(30)43)41(5,6)51)37-32-20-35(46-38(32)45-23-44-37)26-9-7-25(8-10-26)21-48-15-16-52-29(22-48)12-14-36(49)53-40(2,3)4/h7-11,13,17-20,23,29,51H,12,14-16,21-22H2,1-6H3,(H,47,50)(H,44,45,46). The number of aromatic amines is 1. The van der Waals surface area contributed by atoms with E-state index >= 15 is 4.39 Å². The van der Waals surface area contributed by atoms with Crippen molar-refractivity contribution in [3.63, 3.8) is 0 Å². The molecule has 12 heteroatoms. The molecule has 1 amide bonds. The highest BCUT2D eigenvalue weighted by Crippen LogP contribution is 2.35. The molecule has 278 valence electrons. The molecule has 10 nitrogen and oxygen atoms in total. The van der Waals surface area contributed by atoms with Gasteiger partial charge in [-0.15, -0.1) is 0 Å². The minimum atomic E-state index is -1.28. The molecule has 0 aliphatic carbocycles. The zero-order valence-electron chi connectivity index (χ0n) is 30.8. The van der Waals surface area contributed by atoms with Gasteiger partial charge in [-0.1, -0.05) is 30.3 Å². The Labute approximate surface area is 307 Å². The van der Waals surface area contributed by atoms with Crippen molar-refractivity contribution in [2.75, 3.05) is 25.0 Å². The van der Waals surface area contributed by atoms with Gasteiger partial charge in [0.25, 0.3) is 5.91 Å². The Hall–Kier alpha value is -5.04. The van der Waals surface area contributed by atoms with Gasteiger partial charge in [0.05, 0.1) is 29.6 Å². The van der Waals surface area contributed by atoms with Gasteiger partial charge < -0.3 is 24.9 Å². The summed E-state index contributed by atoms with van der Waals surface area (Å²) in [6.45, 7) is 13.2. The van der Waals surface area contributed by atoms with Crippen molar-refractivity contribution in [2.24, 2.45) is 0 Å². The predicted octanol–water partition coefficient (Wildman–Crippen LogP) is 7.68. The van der Waals surface area contributed by atoms with Crippen molar-refractivity contribution in [3.8, 4) is 22.5 Å².